The maximum absolute atomic E-state index is 13.0. The molecule has 0 saturated heterocycles. The van der Waals surface area contributed by atoms with Gasteiger partial charge in [-0.3, -0.25) is 4.98 Å². The zero-order chi connectivity index (χ0) is 18.0. The van der Waals surface area contributed by atoms with Crippen LogP contribution in [-0.2, 0) is 13.2 Å². The number of pyridine rings is 1. The fraction of sp³-hybridized carbons (Fsp3) is 0.286. The first kappa shape index (κ1) is 17.2. The van der Waals surface area contributed by atoms with Gasteiger partial charge < -0.3 is 9.30 Å². The Bertz CT molecular complexity index is 919. The molecule has 0 bridgehead atoms. The summed E-state index contributed by atoms with van der Waals surface area (Å²) in [6.45, 7) is 9.64. The van der Waals surface area contributed by atoms with Gasteiger partial charge in [-0.05, 0) is 63.6 Å². The average molecular weight is 338 g/mol. The molecule has 0 fully saturated rings. The quantitative estimate of drug-likeness (QED) is 0.587. The summed E-state index contributed by atoms with van der Waals surface area (Å²) in [5.74, 6) is 0.366. The van der Waals surface area contributed by atoms with E-state index in [1.807, 2.05) is 6.20 Å². The molecule has 0 spiro atoms. The normalized spacial score (nSPS) is 10.9. The van der Waals surface area contributed by atoms with Crippen LogP contribution in [0.4, 0.5) is 4.39 Å². The highest BCUT2D eigenvalue weighted by Gasteiger charge is 2.15. The minimum Gasteiger partial charge on any atom is -0.487 e. The van der Waals surface area contributed by atoms with Crippen LogP contribution in [0, 0.1) is 19.7 Å². The lowest BCUT2D eigenvalue weighted by Gasteiger charge is -2.11. The van der Waals surface area contributed by atoms with Gasteiger partial charge in [0.15, 0.2) is 0 Å². The highest BCUT2D eigenvalue weighted by molar-refractivity contribution is 5.86. The monoisotopic (exact) mass is 338 g/mol. The van der Waals surface area contributed by atoms with Crippen LogP contribution in [-0.4, -0.2) is 9.55 Å². The third kappa shape index (κ3) is 3.58. The molecule has 0 saturated carbocycles. The molecule has 0 radical (unpaired) electrons. The van der Waals surface area contributed by atoms with Crippen molar-refractivity contribution in [3.05, 3.63) is 70.9 Å². The molecule has 1 aromatic carbocycles. The van der Waals surface area contributed by atoms with Crippen molar-refractivity contribution >= 4 is 10.9 Å². The number of rotatable bonds is 5. The van der Waals surface area contributed by atoms with E-state index in [0.29, 0.717) is 12.4 Å². The molecule has 4 heteroatoms. The van der Waals surface area contributed by atoms with E-state index < -0.39 is 0 Å². The van der Waals surface area contributed by atoms with Crippen LogP contribution >= 0.6 is 0 Å². The van der Waals surface area contributed by atoms with E-state index in [1.165, 1.54) is 34.3 Å². The fourth-order valence-electron chi connectivity index (χ4n) is 2.96. The molecule has 130 valence electrons. The molecule has 3 rings (SSSR count). The summed E-state index contributed by atoms with van der Waals surface area (Å²) in [7, 11) is 0. The molecular formula is C21H23FN2O. The van der Waals surface area contributed by atoms with Crippen LogP contribution in [0.3, 0.4) is 0 Å². The molecule has 2 heterocycles. The first-order valence-electron chi connectivity index (χ1n) is 8.42. The largest absolute Gasteiger partial charge is 0.487 e. The van der Waals surface area contributed by atoms with Crippen LogP contribution < -0.4 is 4.74 Å². The van der Waals surface area contributed by atoms with E-state index >= 15 is 0 Å². The highest BCUT2D eigenvalue weighted by Crippen LogP contribution is 2.28. The molecule has 2 aromatic heterocycles. The Morgan fingerprint density at radius 1 is 1.16 bits per heavy atom. The topological polar surface area (TPSA) is 27.1 Å². The standard InChI is InChI=1S/C21H23FN2O/c1-14(2)10-12-24-16(4)15(3)19-9-11-23-20(21(19)24)13-25-18-7-5-17(22)6-8-18/h5-11H,12-13H2,1-4H3. The molecule has 0 unspecified atom stereocenters. The average Bonchev–Trinajstić information content (AvgIpc) is 2.84. The van der Waals surface area contributed by atoms with Crippen LogP contribution in [0.15, 0.2) is 48.2 Å². The summed E-state index contributed by atoms with van der Waals surface area (Å²) in [5.41, 5.74) is 5.79. The Kier molecular flexibility index (Phi) is 4.88. The lowest BCUT2D eigenvalue weighted by Crippen LogP contribution is -2.05. The maximum atomic E-state index is 13.0. The SMILES string of the molecule is CC(C)=CCn1c(C)c(C)c2ccnc(COc3ccc(F)cc3)c21. The summed E-state index contributed by atoms with van der Waals surface area (Å²) < 4.78 is 21.1. The number of ether oxygens (including phenoxy) is 1. The molecule has 0 amide bonds. The lowest BCUT2D eigenvalue weighted by molar-refractivity contribution is 0.302. The number of aromatic nitrogens is 2. The van der Waals surface area contributed by atoms with Crippen molar-refractivity contribution in [2.24, 2.45) is 0 Å². The molecule has 0 aliphatic rings. The maximum Gasteiger partial charge on any atom is 0.132 e. The van der Waals surface area contributed by atoms with Gasteiger partial charge in [0, 0.05) is 23.8 Å². The first-order valence-corrected chi connectivity index (χ1v) is 8.42. The Morgan fingerprint density at radius 3 is 2.56 bits per heavy atom. The van der Waals surface area contributed by atoms with Gasteiger partial charge in [-0.15, -0.1) is 0 Å². The number of allylic oxidation sites excluding steroid dienone is 2. The van der Waals surface area contributed by atoms with Crippen molar-refractivity contribution < 1.29 is 9.13 Å². The van der Waals surface area contributed by atoms with Crippen molar-refractivity contribution in [1.29, 1.82) is 0 Å². The second-order valence-electron chi connectivity index (χ2n) is 6.50. The highest BCUT2D eigenvalue weighted by atomic mass is 19.1. The third-order valence-corrected chi connectivity index (χ3v) is 4.49. The predicted molar refractivity (Wildman–Crippen MR) is 99.4 cm³/mol. The van der Waals surface area contributed by atoms with E-state index in [9.17, 15) is 4.39 Å². The summed E-state index contributed by atoms with van der Waals surface area (Å²) in [6.07, 6.45) is 4.03. The first-order chi connectivity index (χ1) is 12.0. The number of aryl methyl sites for hydroxylation is 1. The molecule has 0 aliphatic carbocycles. The van der Waals surface area contributed by atoms with E-state index in [0.717, 1.165) is 17.8 Å². The van der Waals surface area contributed by atoms with Crippen molar-refractivity contribution in [3.63, 3.8) is 0 Å². The minimum atomic E-state index is -0.269. The van der Waals surface area contributed by atoms with Crippen LogP contribution in [0.25, 0.3) is 10.9 Å². The summed E-state index contributed by atoms with van der Waals surface area (Å²) in [5, 5.41) is 1.20. The number of fused-ring (bicyclic) bond motifs is 1. The Hall–Kier alpha value is -2.62. The minimum absolute atomic E-state index is 0.269. The molecule has 0 N–H and O–H groups in total. The van der Waals surface area contributed by atoms with E-state index in [4.69, 9.17) is 4.74 Å². The van der Waals surface area contributed by atoms with Gasteiger partial charge in [0.05, 0.1) is 5.52 Å². The Labute approximate surface area is 147 Å². The number of benzene rings is 1. The summed E-state index contributed by atoms with van der Waals surface area (Å²) in [4.78, 5) is 4.54. The van der Waals surface area contributed by atoms with E-state index in [2.05, 4.69) is 49.4 Å². The van der Waals surface area contributed by atoms with Gasteiger partial charge in [0.2, 0.25) is 0 Å². The Morgan fingerprint density at radius 2 is 1.88 bits per heavy atom. The lowest BCUT2D eigenvalue weighted by atomic mass is 10.2. The van der Waals surface area contributed by atoms with Gasteiger partial charge in [-0.1, -0.05) is 11.6 Å². The Balaban J connectivity index is 1.98. The zero-order valence-electron chi connectivity index (χ0n) is 15.1. The van der Waals surface area contributed by atoms with Crippen molar-refractivity contribution in [2.75, 3.05) is 0 Å². The summed E-state index contributed by atoms with van der Waals surface area (Å²) in [6, 6.07) is 8.12. The number of halogens is 1. The van der Waals surface area contributed by atoms with Crippen LogP contribution in [0.2, 0.25) is 0 Å². The number of hydrogen-bond acceptors (Lipinski definition) is 2. The van der Waals surface area contributed by atoms with Gasteiger partial charge in [0.25, 0.3) is 0 Å². The number of hydrogen-bond donors (Lipinski definition) is 0. The molecular weight excluding hydrogens is 315 g/mol. The fourth-order valence-corrected chi connectivity index (χ4v) is 2.96. The van der Waals surface area contributed by atoms with Crippen LogP contribution in [0.5, 0.6) is 5.75 Å². The summed E-state index contributed by atoms with van der Waals surface area (Å²) >= 11 is 0. The van der Waals surface area contributed by atoms with Gasteiger partial charge >= 0.3 is 0 Å². The van der Waals surface area contributed by atoms with Gasteiger partial charge in [-0.25, -0.2) is 4.39 Å². The molecule has 25 heavy (non-hydrogen) atoms. The van der Waals surface area contributed by atoms with Gasteiger partial charge in [0.1, 0.15) is 23.9 Å². The van der Waals surface area contributed by atoms with E-state index in [1.54, 1.807) is 12.1 Å². The molecule has 3 aromatic rings. The predicted octanol–water partition coefficient (Wildman–Crippen LogP) is 5.34. The second kappa shape index (κ2) is 7.09. The zero-order valence-corrected chi connectivity index (χ0v) is 15.1. The second-order valence-corrected chi connectivity index (χ2v) is 6.50. The molecule has 3 nitrogen and oxygen atoms in total. The molecule has 0 atom stereocenters. The van der Waals surface area contributed by atoms with E-state index in [-0.39, 0.29) is 5.82 Å². The smallest absolute Gasteiger partial charge is 0.132 e. The van der Waals surface area contributed by atoms with Crippen molar-refractivity contribution in [3.8, 4) is 5.75 Å². The van der Waals surface area contributed by atoms with Crippen molar-refractivity contribution in [1.82, 2.24) is 9.55 Å². The van der Waals surface area contributed by atoms with Crippen molar-refractivity contribution in [2.45, 2.75) is 40.8 Å². The van der Waals surface area contributed by atoms with Gasteiger partial charge in [-0.2, -0.15) is 0 Å². The van der Waals surface area contributed by atoms with Crippen LogP contribution in [0.1, 0.15) is 30.8 Å². The molecule has 0 aliphatic heterocycles. The third-order valence-electron chi connectivity index (χ3n) is 4.49. The number of nitrogens with zero attached hydrogens (tertiary/aromatic N) is 2.